The predicted octanol–water partition coefficient (Wildman–Crippen LogP) is 2.55. The van der Waals surface area contributed by atoms with Crippen LogP contribution in [0.15, 0.2) is 12.7 Å². The molecule has 0 bridgehead atoms. The first kappa shape index (κ1) is 10.5. The molecule has 11 heavy (non-hydrogen) atoms. The third kappa shape index (κ3) is 4.01. The van der Waals surface area contributed by atoms with Gasteiger partial charge >= 0.3 is 0 Å². The molecule has 0 fully saturated rings. The molecule has 0 rings (SSSR count). The summed E-state index contributed by atoms with van der Waals surface area (Å²) in [5.74, 6) is 0. The van der Waals surface area contributed by atoms with Crippen molar-refractivity contribution >= 4 is 0 Å². The molecule has 0 saturated carbocycles. The van der Waals surface area contributed by atoms with Crippen LogP contribution in [-0.4, -0.2) is 25.2 Å². The van der Waals surface area contributed by atoms with Crippen molar-refractivity contribution < 1.29 is 17.6 Å². The lowest BCUT2D eigenvalue weighted by molar-refractivity contribution is 0.137. The lowest BCUT2D eigenvalue weighted by Gasteiger charge is -2.10. The third-order valence-corrected chi connectivity index (χ3v) is 1.22. The summed E-state index contributed by atoms with van der Waals surface area (Å²) in [4.78, 5) is 0. The van der Waals surface area contributed by atoms with Gasteiger partial charge in [-0.05, 0) is 0 Å². The van der Waals surface area contributed by atoms with Gasteiger partial charge in [0.15, 0.2) is 0 Å². The van der Waals surface area contributed by atoms with E-state index in [0.717, 1.165) is 6.08 Å². The fourth-order valence-corrected chi connectivity index (χ4v) is 0.585. The zero-order valence-electron chi connectivity index (χ0n) is 5.94. The molecule has 0 heterocycles. The fraction of sp³-hybridized carbons (Fsp3) is 0.714. The highest BCUT2D eigenvalue weighted by Crippen LogP contribution is 2.13. The maximum absolute atomic E-state index is 12.4. The number of hydrogen-bond acceptors (Lipinski definition) is 0. The smallest absolute Gasteiger partial charge is 0.149 e. The minimum Gasteiger partial charge on any atom is -0.248 e. The monoisotopic (exact) mass is 170 g/mol. The fourth-order valence-electron chi connectivity index (χ4n) is 0.585. The maximum Gasteiger partial charge on any atom is 0.149 e. The molecule has 0 aliphatic carbocycles. The van der Waals surface area contributed by atoms with E-state index in [0.29, 0.717) is 0 Å². The Morgan fingerprint density at radius 3 is 2.18 bits per heavy atom. The Labute approximate surface area is 62.9 Å². The summed E-state index contributed by atoms with van der Waals surface area (Å²) in [5, 5.41) is 0. The average molecular weight is 170 g/mol. The van der Waals surface area contributed by atoms with Crippen molar-refractivity contribution in [3.05, 3.63) is 12.7 Å². The Morgan fingerprint density at radius 1 is 1.27 bits per heavy atom. The van der Waals surface area contributed by atoms with Gasteiger partial charge in [-0.25, -0.2) is 17.6 Å². The van der Waals surface area contributed by atoms with Gasteiger partial charge in [0, 0.05) is 6.42 Å². The van der Waals surface area contributed by atoms with Gasteiger partial charge in [-0.3, -0.25) is 0 Å². The Kier molecular flexibility index (Phi) is 4.90. The van der Waals surface area contributed by atoms with Crippen LogP contribution in [0.25, 0.3) is 0 Å². The number of rotatable bonds is 5. The molecule has 0 aliphatic heterocycles. The summed E-state index contributed by atoms with van der Waals surface area (Å²) in [7, 11) is 0. The highest BCUT2D eigenvalue weighted by Gasteiger charge is 2.21. The van der Waals surface area contributed by atoms with Crippen molar-refractivity contribution in [2.75, 3.05) is 6.67 Å². The molecule has 0 N–H and O–H groups in total. The van der Waals surface area contributed by atoms with Gasteiger partial charge in [0.05, 0.1) is 0 Å². The number of halogens is 4. The molecule has 66 valence electrons. The highest BCUT2D eigenvalue weighted by molar-refractivity contribution is 4.86. The number of allylic oxidation sites excluding steroid dienone is 1. The van der Waals surface area contributed by atoms with E-state index < -0.39 is 31.6 Å². The maximum atomic E-state index is 12.4. The minimum atomic E-state index is -1.99. The van der Waals surface area contributed by atoms with E-state index in [1.165, 1.54) is 0 Å². The minimum absolute atomic E-state index is 0.732. The Hall–Kier alpha value is -0.540. The summed E-state index contributed by atoms with van der Waals surface area (Å²) in [6.45, 7) is 1.71. The molecule has 0 aromatic heterocycles. The molecule has 3 atom stereocenters. The molecule has 0 aromatic rings. The van der Waals surface area contributed by atoms with E-state index in [9.17, 15) is 17.6 Å². The molecule has 0 amide bonds. The first-order valence-corrected chi connectivity index (χ1v) is 3.22. The van der Waals surface area contributed by atoms with Crippen LogP contribution in [-0.2, 0) is 0 Å². The molecular weight excluding hydrogens is 160 g/mol. The van der Waals surface area contributed by atoms with E-state index in [-0.39, 0.29) is 0 Å². The Balaban J connectivity index is 3.66. The molecular formula is C7H10F4. The normalized spacial score (nSPS) is 18.9. The van der Waals surface area contributed by atoms with Crippen LogP contribution < -0.4 is 0 Å². The van der Waals surface area contributed by atoms with Gasteiger partial charge in [0.2, 0.25) is 0 Å². The second-order valence-corrected chi connectivity index (χ2v) is 2.18. The van der Waals surface area contributed by atoms with Crippen LogP contribution in [0.2, 0.25) is 0 Å². The van der Waals surface area contributed by atoms with Crippen LogP contribution in [0.3, 0.4) is 0 Å². The van der Waals surface area contributed by atoms with Crippen LogP contribution >= 0.6 is 0 Å². The molecule has 0 spiro atoms. The van der Waals surface area contributed by atoms with Crippen molar-refractivity contribution in [2.45, 2.75) is 24.9 Å². The van der Waals surface area contributed by atoms with Gasteiger partial charge in [0.25, 0.3) is 0 Å². The molecule has 0 aromatic carbocycles. The summed E-state index contributed by atoms with van der Waals surface area (Å²) >= 11 is 0. The van der Waals surface area contributed by atoms with Gasteiger partial charge in [-0.2, -0.15) is 0 Å². The van der Waals surface area contributed by atoms with Crippen molar-refractivity contribution in [1.29, 1.82) is 0 Å². The topological polar surface area (TPSA) is 0 Å². The lowest BCUT2D eigenvalue weighted by Crippen LogP contribution is -2.20. The SMILES string of the molecule is C=CC(F)C(F)CC(F)CF. The molecule has 0 aliphatic rings. The first-order valence-electron chi connectivity index (χ1n) is 3.22. The largest absolute Gasteiger partial charge is 0.248 e. The molecule has 0 nitrogen and oxygen atoms in total. The van der Waals surface area contributed by atoms with Gasteiger partial charge in [0.1, 0.15) is 25.2 Å². The van der Waals surface area contributed by atoms with Crippen LogP contribution in [0.4, 0.5) is 17.6 Å². The molecule has 0 radical (unpaired) electrons. The van der Waals surface area contributed by atoms with E-state index in [4.69, 9.17) is 0 Å². The zero-order chi connectivity index (χ0) is 8.85. The lowest BCUT2D eigenvalue weighted by atomic mass is 10.1. The van der Waals surface area contributed by atoms with Gasteiger partial charge in [-0.15, -0.1) is 6.58 Å². The van der Waals surface area contributed by atoms with Crippen LogP contribution in [0.5, 0.6) is 0 Å². The number of alkyl halides is 4. The second-order valence-electron chi connectivity index (χ2n) is 2.18. The molecule has 3 unspecified atom stereocenters. The average Bonchev–Trinajstić information content (AvgIpc) is 2.02. The summed E-state index contributed by atoms with van der Waals surface area (Å²) in [6.07, 6.45) is -5.82. The quantitative estimate of drug-likeness (QED) is 0.439. The van der Waals surface area contributed by atoms with E-state index in [1.807, 2.05) is 0 Å². The summed E-state index contributed by atoms with van der Waals surface area (Å²) < 4.78 is 48.1. The van der Waals surface area contributed by atoms with Crippen molar-refractivity contribution in [1.82, 2.24) is 0 Å². The molecule has 4 heteroatoms. The van der Waals surface area contributed by atoms with Crippen molar-refractivity contribution in [3.63, 3.8) is 0 Å². The van der Waals surface area contributed by atoms with Crippen molar-refractivity contribution in [3.8, 4) is 0 Å². The second kappa shape index (κ2) is 5.16. The van der Waals surface area contributed by atoms with Crippen LogP contribution in [0, 0.1) is 0 Å². The highest BCUT2D eigenvalue weighted by atomic mass is 19.2. The Bertz CT molecular complexity index is 115. The third-order valence-electron chi connectivity index (χ3n) is 1.22. The van der Waals surface area contributed by atoms with Crippen LogP contribution in [0.1, 0.15) is 6.42 Å². The zero-order valence-corrected chi connectivity index (χ0v) is 5.94. The molecule has 0 saturated heterocycles. The van der Waals surface area contributed by atoms with E-state index in [2.05, 4.69) is 6.58 Å². The predicted molar refractivity (Wildman–Crippen MR) is 35.5 cm³/mol. The van der Waals surface area contributed by atoms with Crippen molar-refractivity contribution in [2.24, 2.45) is 0 Å². The standard InChI is InChI=1S/C7H10F4/c1-2-6(10)7(11)3-5(9)4-8/h2,5-7H,1,3-4H2. The first-order chi connectivity index (χ1) is 5.11. The van der Waals surface area contributed by atoms with E-state index >= 15 is 0 Å². The summed E-state index contributed by atoms with van der Waals surface area (Å²) in [6, 6.07) is 0. The summed E-state index contributed by atoms with van der Waals surface area (Å²) in [5.41, 5.74) is 0. The van der Waals surface area contributed by atoms with Gasteiger partial charge in [-0.1, -0.05) is 6.08 Å². The Morgan fingerprint density at radius 2 is 1.82 bits per heavy atom. The van der Waals surface area contributed by atoms with E-state index in [1.54, 1.807) is 0 Å². The van der Waals surface area contributed by atoms with Gasteiger partial charge < -0.3 is 0 Å². The number of hydrogen-bond donors (Lipinski definition) is 0.